The molecular formula is C15H22N2O3. The number of carbonyl (C=O) groups excluding carboxylic acids is 2. The molecule has 0 saturated carbocycles. The fraction of sp³-hybridized carbons (Fsp3) is 0.467. The molecular weight excluding hydrogens is 256 g/mol. The zero-order chi connectivity index (χ0) is 15.0. The second-order valence-corrected chi connectivity index (χ2v) is 4.77. The third kappa shape index (κ3) is 5.40. The number of carbonyl (C=O) groups is 2. The molecule has 0 unspecified atom stereocenters. The molecule has 0 atom stereocenters. The SMILES string of the molecule is CC(=O)c1ccc(NC(=O)N(C)CCCCCO)cc1. The van der Waals surface area contributed by atoms with Gasteiger partial charge >= 0.3 is 6.03 Å². The molecule has 0 heterocycles. The number of hydrogen-bond donors (Lipinski definition) is 2. The second kappa shape index (κ2) is 8.32. The van der Waals surface area contributed by atoms with E-state index in [1.165, 1.54) is 6.92 Å². The van der Waals surface area contributed by atoms with E-state index in [2.05, 4.69) is 5.32 Å². The average molecular weight is 278 g/mol. The van der Waals surface area contributed by atoms with Crippen LogP contribution >= 0.6 is 0 Å². The van der Waals surface area contributed by atoms with Crippen molar-refractivity contribution in [3.05, 3.63) is 29.8 Å². The fourth-order valence-corrected chi connectivity index (χ4v) is 1.75. The number of amides is 2. The molecule has 0 bridgehead atoms. The lowest BCUT2D eigenvalue weighted by atomic mass is 10.1. The van der Waals surface area contributed by atoms with E-state index in [1.807, 2.05) is 0 Å². The van der Waals surface area contributed by atoms with Crippen LogP contribution in [0.25, 0.3) is 0 Å². The van der Waals surface area contributed by atoms with Crippen molar-refractivity contribution in [2.24, 2.45) is 0 Å². The van der Waals surface area contributed by atoms with Crippen molar-refractivity contribution in [2.75, 3.05) is 25.5 Å². The molecule has 0 aliphatic heterocycles. The lowest BCUT2D eigenvalue weighted by Crippen LogP contribution is -2.32. The Balaban J connectivity index is 2.42. The number of nitrogens with one attached hydrogen (secondary N) is 1. The van der Waals surface area contributed by atoms with Gasteiger partial charge in [-0.1, -0.05) is 0 Å². The molecule has 0 aliphatic carbocycles. The van der Waals surface area contributed by atoms with E-state index in [4.69, 9.17) is 5.11 Å². The summed E-state index contributed by atoms with van der Waals surface area (Å²) in [6.45, 7) is 2.35. The monoisotopic (exact) mass is 278 g/mol. The van der Waals surface area contributed by atoms with E-state index in [-0.39, 0.29) is 18.4 Å². The zero-order valence-electron chi connectivity index (χ0n) is 12.1. The van der Waals surface area contributed by atoms with Crippen LogP contribution in [-0.4, -0.2) is 42.0 Å². The average Bonchev–Trinajstić information content (AvgIpc) is 2.44. The van der Waals surface area contributed by atoms with Gasteiger partial charge in [-0.2, -0.15) is 0 Å². The molecule has 1 aromatic carbocycles. The number of urea groups is 1. The number of aliphatic hydroxyl groups is 1. The van der Waals surface area contributed by atoms with Gasteiger partial charge in [0, 0.05) is 31.5 Å². The topological polar surface area (TPSA) is 69.6 Å². The Kier molecular flexibility index (Phi) is 6.73. The van der Waals surface area contributed by atoms with Gasteiger partial charge in [0.15, 0.2) is 5.78 Å². The van der Waals surface area contributed by atoms with Crippen LogP contribution in [0.15, 0.2) is 24.3 Å². The van der Waals surface area contributed by atoms with Crippen molar-refractivity contribution in [1.82, 2.24) is 4.90 Å². The van der Waals surface area contributed by atoms with Gasteiger partial charge in [-0.25, -0.2) is 4.79 Å². The highest BCUT2D eigenvalue weighted by atomic mass is 16.3. The largest absolute Gasteiger partial charge is 0.396 e. The maximum Gasteiger partial charge on any atom is 0.321 e. The highest BCUT2D eigenvalue weighted by Crippen LogP contribution is 2.11. The van der Waals surface area contributed by atoms with E-state index in [1.54, 1.807) is 36.2 Å². The van der Waals surface area contributed by atoms with Crippen LogP contribution in [0.1, 0.15) is 36.5 Å². The molecule has 0 fully saturated rings. The molecule has 0 aromatic heterocycles. The minimum absolute atomic E-state index is 0.00359. The molecule has 110 valence electrons. The first-order chi connectivity index (χ1) is 9.54. The summed E-state index contributed by atoms with van der Waals surface area (Å²) in [5.74, 6) is 0.00359. The van der Waals surface area contributed by atoms with E-state index in [0.29, 0.717) is 17.8 Å². The Morgan fingerprint density at radius 3 is 2.35 bits per heavy atom. The van der Waals surface area contributed by atoms with Crippen LogP contribution in [0.2, 0.25) is 0 Å². The lowest BCUT2D eigenvalue weighted by Gasteiger charge is -2.17. The van der Waals surface area contributed by atoms with Crippen molar-refractivity contribution in [3.63, 3.8) is 0 Å². The molecule has 1 aromatic rings. The minimum atomic E-state index is -0.176. The molecule has 20 heavy (non-hydrogen) atoms. The van der Waals surface area contributed by atoms with Crippen molar-refractivity contribution in [3.8, 4) is 0 Å². The van der Waals surface area contributed by atoms with Gasteiger partial charge in [-0.15, -0.1) is 0 Å². The highest BCUT2D eigenvalue weighted by Gasteiger charge is 2.08. The molecule has 2 N–H and O–H groups in total. The summed E-state index contributed by atoms with van der Waals surface area (Å²) >= 11 is 0. The summed E-state index contributed by atoms with van der Waals surface area (Å²) < 4.78 is 0. The Hall–Kier alpha value is -1.88. The minimum Gasteiger partial charge on any atom is -0.396 e. The van der Waals surface area contributed by atoms with Crippen LogP contribution < -0.4 is 5.32 Å². The third-order valence-electron chi connectivity index (χ3n) is 3.04. The maximum atomic E-state index is 11.9. The Morgan fingerprint density at radius 1 is 1.15 bits per heavy atom. The summed E-state index contributed by atoms with van der Waals surface area (Å²) in [7, 11) is 1.73. The number of ketones is 1. The molecule has 2 amide bonds. The number of nitrogens with zero attached hydrogens (tertiary/aromatic N) is 1. The first-order valence-electron chi connectivity index (χ1n) is 6.78. The number of Topliss-reactive ketones (excluding diaryl/α,β-unsaturated/α-hetero) is 1. The molecule has 0 spiro atoms. The Morgan fingerprint density at radius 2 is 1.80 bits per heavy atom. The highest BCUT2D eigenvalue weighted by molar-refractivity contribution is 5.95. The van der Waals surface area contributed by atoms with Crippen LogP contribution in [0.4, 0.5) is 10.5 Å². The van der Waals surface area contributed by atoms with E-state index >= 15 is 0 Å². The van der Waals surface area contributed by atoms with Crippen molar-refractivity contribution >= 4 is 17.5 Å². The predicted octanol–water partition coefficient (Wildman–Crippen LogP) is 2.52. The molecule has 1 rings (SSSR count). The summed E-state index contributed by atoms with van der Waals surface area (Å²) in [6.07, 6.45) is 2.54. The first-order valence-corrected chi connectivity index (χ1v) is 6.78. The van der Waals surface area contributed by atoms with Gasteiger partial charge in [0.05, 0.1) is 0 Å². The van der Waals surface area contributed by atoms with Crippen LogP contribution in [0, 0.1) is 0 Å². The normalized spacial score (nSPS) is 10.2. The standard InChI is InChI=1S/C15H22N2O3/c1-12(19)13-6-8-14(9-7-13)16-15(20)17(2)10-4-3-5-11-18/h6-9,18H,3-5,10-11H2,1-2H3,(H,16,20). The Labute approximate surface area is 119 Å². The van der Waals surface area contributed by atoms with Crippen LogP contribution in [0.5, 0.6) is 0 Å². The summed E-state index contributed by atoms with van der Waals surface area (Å²) in [5.41, 5.74) is 1.29. The fourth-order valence-electron chi connectivity index (χ4n) is 1.75. The summed E-state index contributed by atoms with van der Waals surface area (Å²) in [6, 6.07) is 6.64. The van der Waals surface area contributed by atoms with Gasteiger partial charge in [-0.05, 0) is 50.5 Å². The van der Waals surface area contributed by atoms with Crippen LogP contribution in [-0.2, 0) is 0 Å². The summed E-state index contributed by atoms with van der Waals surface area (Å²) in [4.78, 5) is 24.6. The summed E-state index contributed by atoms with van der Waals surface area (Å²) in [5, 5.41) is 11.5. The quantitative estimate of drug-likeness (QED) is 0.595. The number of benzene rings is 1. The maximum absolute atomic E-state index is 11.9. The third-order valence-corrected chi connectivity index (χ3v) is 3.04. The lowest BCUT2D eigenvalue weighted by molar-refractivity contribution is 0.101. The van der Waals surface area contributed by atoms with Gasteiger partial charge in [0.25, 0.3) is 0 Å². The van der Waals surface area contributed by atoms with E-state index < -0.39 is 0 Å². The van der Waals surface area contributed by atoms with Crippen molar-refractivity contribution in [1.29, 1.82) is 0 Å². The number of hydrogen-bond acceptors (Lipinski definition) is 3. The molecule has 0 aliphatic rings. The zero-order valence-corrected chi connectivity index (χ0v) is 12.1. The van der Waals surface area contributed by atoms with E-state index in [0.717, 1.165) is 19.3 Å². The molecule has 0 saturated heterocycles. The van der Waals surface area contributed by atoms with E-state index in [9.17, 15) is 9.59 Å². The number of rotatable bonds is 7. The number of aliphatic hydroxyl groups excluding tert-OH is 1. The van der Waals surface area contributed by atoms with Gasteiger partial charge in [0.1, 0.15) is 0 Å². The second-order valence-electron chi connectivity index (χ2n) is 4.77. The molecule has 5 heteroatoms. The van der Waals surface area contributed by atoms with Crippen LogP contribution in [0.3, 0.4) is 0 Å². The number of unbranched alkanes of at least 4 members (excludes halogenated alkanes) is 2. The first kappa shape index (κ1) is 16.2. The smallest absolute Gasteiger partial charge is 0.321 e. The van der Waals surface area contributed by atoms with Gasteiger partial charge in [-0.3, -0.25) is 4.79 Å². The number of anilines is 1. The van der Waals surface area contributed by atoms with Crippen molar-refractivity contribution in [2.45, 2.75) is 26.2 Å². The predicted molar refractivity (Wildman–Crippen MR) is 79.0 cm³/mol. The molecule has 5 nitrogen and oxygen atoms in total. The van der Waals surface area contributed by atoms with Gasteiger partial charge < -0.3 is 15.3 Å². The van der Waals surface area contributed by atoms with Gasteiger partial charge in [0.2, 0.25) is 0 Å². The molecule has 0 radical (unpaired) electrons. The van der Waals surface area contributed by atoms with Crippen molar-refractivity contribution < 1.29 is 14.7 Å². The Bertz CT molecular complexity index is 443.